The van der Waals surface area contributed by atoms with Crippen LogP contribution in [0.1, 0.15) is 11.1 Å². The summed E-state index contributed by atoms with van der Waals surface area (Å²) in [6.07, 6.45) is -4.40. The number of nitrogens with one attached hydrogen (secondary N) is 1. The highest BCUT2D eigenvalue weighted by Crippen LogP contribution is 2.33. The molecule has 0 aliphatic carbocycles. The van der Waals surface area contributed by atoms with Gasteiger partial charge < -0.3 is 5.32 Å². The van der Waals surface area contributed by atoms with Gasteiger partial charge >= 0.3 is 6.18 Å². The Morgan fingerprint density at radius 2 is 1.71 bits per heavy atom. The Kier molecular flexibility index (Phi) is 4.93. The minimum absolute atomic E-state index is 0.284. The highest BCUT2D eigenvalue weighted by Gasteiger charge is 2.31. The normalized spacial score (nSPS) is 11.5. The Morgan fingerprint density at radius 3 is 2.33 bits per heavy atom. The summed E-state index contributed by atoms with van der Waals surface area (Å²) in [4.78, 5) is 0. The first-order valence-corrected chi connectivity index (χ1v) is 7.40. The lowest BCUT2D eigenvalue weighted by Gasteiger charge is -2.12. The van der Waals surface area contributed by atoms with Crippen molar-refractivity contribution >= 4 is 37.5 Å². The van der Waals surface area contributed by atoms with Crippen molar-refractivity contribution in [2.75, 3.05) is 5.32 Å². The van der Waals surface area contributed by atoms with Gasteiger partial charge in [-0.25, -0.2) is 4.39 Å². The quantitative estimate of drug-likeness (QED) is 0.595. The average molecular weight is 427 g/mol. The van der Waals surface area contributed by atoms with Crippen molar-refractivity contribution in [2.24, 2.45) is 0 Å². The van der Waals surface area contributed by atoms with Crippen molar-refractivity contribution in [1.29, 1.82) is 0 Å². The monoisotopic (exact) mass is 425 g/mol. The first kappa shape index (κ1) is 16.3. The number of hydrogen-bond donors (Lipinski definition) is 1. The molecule has 1 nitrogen and oxygen atoms in total. The Balaban J connectivity index is 2.16. The second-order valence-corrected chi connectivity index (χ2v) is 6.10. The highest BCUT2D eigenvalue weighted by molar-refractivity contribution is 9.10. The maximum atomic E-state index is 13.1. The third-order valence-corrected chi connectivity index (χ3v) is 3.77. The molecule has 0 spiro atoms. The molecule has 2 aromatic carbocycles. The van der Waals surface area contributed by atoms with Crippen LogP contribution in [0.2, 0.25) is 0 Å². The minimum Gasteiger partial charge on any atom is -0.381 e. The predicted octanol–water partition coefficient (Wildman–Crippen LogP) is 5.98. The van der Waals surface area contributed by atoms with Crippen LogP contribution in [0.3, 0.4) is 0 Å². The zero-order chi connectivity index (χ0) is 15.6. The molecule has 0 aliphatic rings. The van der Waals surface area contributed by atoms with E-state index in [1.807, 2.05) is 0 Å². The summed E-state index contributed by atoms with van der Waals surface area (Å²) in [6.45, 7) is 0.284. The number of hydrogen-bond acceptors (Lipinski definition) is 1. The third kappa shape index (κ3) is 4.44. The molecule has 0 fully saturated rings. The van der Waals surface area contributed by atoms with E-state index < -0.39 is 11.7 Å². The summed E-state index contributed by atoms with van der Waals surface area (Å²) < 4.78 is 51.9. The van der Waals surface area contributed by atoms with Crippen LogP contribution in [0.15, 0.2) is 45.3 Å². The topological polar surface area (TPSA) is 12.0 Å². The second-order valence-electron chi connectivity index (χ2n) is 4.33. The summed E-state index contributed by atoms with van der Waals surface area (Å²) in [5, 5.41) is 2.89. The molecule has 2 aromatic rings. The first-order chi connectivity index (χ1) is 9.75. The largest absolute Gasteiger partial charge is 0.416 e. The van der Waals surface area contributed by atoms with Gasteiger partial charge in [-0.1, -0.05) is 22.0 Å². The molecule has 0 saturated carbocycles. The summed E-state index contributed by atoms with van der Waals surface area (Å²) in [5.74, 6) is -0.388. The van der Waals surface area contributed by atoms with Crippen LogP contribution in [0.5, 0.6) is 0 Å². The maximum Gasteiger partial charge on any atom is 0.416 e. The molecule has 0 bridgehead atoms. The van der Waals surface area contributed by atoms with E-state index >= 15 is 0 Å². The molecule has 0 atom stereocenters. The average Bonchev–Trinajstić information content (AvgIpc) is 2.38. The SMILES string of the molecule is Fc1ccc(CNc2cc(Br)cc(C(F)(F)F)c2)cc1Br. The van der Waals surface area contributed by atoms with Crippen LogP contribution in [0.25, 0.3) is 0 Å². The van der Waals surface area contributed by atoms with Gasteiger partial charge in [0.05, 0.1) is 10.0 Å². The van der Waals surface area contributed by atoms with Crippen molar-refractivity contribution in [2.45, 2.75) is 12.7 Å². The third-order valence-electron chi connectivity index (χ3n) is 2.71. The van der Waals surface area contributed by atoms with E-state index in [0.29, 0.717) is 14.6 Å². The molecule has 0 saturated heterocycles. The molecule has 0 amide bonds. The molecule has 21 heavy (non-hydrogen) atoms. The van der Waals surface area contributed by atoms with E-state index in [0.717, 1.165) is 17.7 Å². The van der Waals surface area contributed by atoms with Crippen LogP contribution < -0.4 is 5.32 Å². The molecule has 0 radical (unpaired) electrons. The Morgan fingerprint density at radius 1 is 1.00 bits per heavy atom. The zero-order valence-corrected chi connectivity index (χ0v) is 13.6. The van der Waals surface area contributed by atoms with E-state index in [4.69, 9.17) is 0 Å². The molecule has 0 unspecified atom stereocenters. The van der Waals surface area contributed by atoms with Gasteiger partial charge in [0.15, 0.2) is 0 Å². The van der Waals surface area contributed by atoms with Crippen molar-refractivity contribution in [3.05, 3.63) is 62.3 Å². The molecule has 7 heteroatoms. The predicted molar refractivity (Wildman–Crippen MR) is 80.6 cm³/mol. The van der Waals surface area contributed by atoms with E-state index in [2.05, 4.69) is 37.2 Å². The second kappa shape index (κ2) is 6.36. The molecular formula is C14H9Br2F4N. The lowest BCUT2D eigenvalue weighted by Crippen LogP contribution is -2.07. The number of alkyl halides is 3. The fourth-order valence-corrected chi connectivity index (χ4v) is 2.63. The van der Waals surface area contributed by atoms with Crippen molar-refractivity contribution in [3.63, 3.8) is 0 Å². The lowest BCUT2D eigenvalue weighted by atomic mass is 10.1. The first-order valence-electron chi connectivity index (χ1n) is 5.81. The van der Waals surface area contributed by atoms with Crippen molar-refractivity contribution < 1.29 is 17.6 Å². The molecule has 0 aromatic heterocycles. The zero-order valence-electron chi connectivity index (χ0n) is 10.4. The van der Waals surface area contributed by atoms with E-state index in [9.17, 15) is 17.6 Å². The molecule has 1 N–H and O–H groups in total. The number of rotatable bonds is 3. The summed E-state index contributed by atoms with van der Waals surface area (Å²) in [6, 6.07) is 8.03. The Bertz CT molecular complexity index is 656. The fraction of sp³-hybridized carbons (Fsp3) is 0.143. The van der Waals surface area contributed by atoms with Gasteiger partial charge in [-0.05, 0) is 51.8 Å². The van der Waals surface area contributed by atoms with Gasteiger partial charge in [-0.3, -0.25) is 0 Å². The van der Waals surface area contributed by atoms with Gasteiger partial charge in [-0.2, -0.15) is 13.2 Å². The standard InChI is InChI=1S/C14H9Br2F4N/c15-10-4-9(14(18,19)20)5-11(6-10)21-7-8-1-2-13(17)12(16)3-8/h1-6,21H,7H2. The number of halogens is 6. The summed E-state index contributed by atoms with van der Waals surface area (Å²) in [7, 11) is 0. The number of benzene rings is 2. The molecular weight excluding hydrogens is 418 g/mol. The molecule has 112 valence electrons. The van der Waals surface area contributed by atoms with Gasteiger partial charge in [0, 0.05) is 16.7 Å². The van der Waals surface area contributed by atoms with Crippen LogP contribution in [0, 0.1) is 5.82 Å². The van der Waals surface area contributed by atoms with E-state index in [1.165, 1.54) is 6.07 Å². The minimum atomic E-state index is -4.40. The molecule has 0 heterocycles. The van der Waals surface area contributed by atoms with E-state index in [1.54, 1.807) is 18.2 Å². The van der Waals surface area contributed by atoms with Gasteiger partial charge in [0.1, 0.15) is 5.82 Å². The van der Waals surface area contributed by atoms with Crippen LogP contribution in [0.4, 0.5) is 23.2 Å². The molecule has 2 rings (SSSR count). The van der Waals surface area contributed by atoms with Gasteiger partial charge in [-0.15, -0.1) is 0 Å². The number of anilines is 1. The smallest absolute Gasteiger partial charge is 0.381 e. The fourth-order valence-electron chi connectivity index (χ4n) is 1.71. The molecule has 0 aliphatic heterocycles. The van der Waals surface area contributed by atoms with Crippen molar-refractivity contribution in [3.8, 4) is 0 Å². The van der Waals surface area contributed by atoms with Crippen LogP contribution in [-0.4, -0.2) is 0 Å². The van der Waals surface area contributed by atoms with Crippen LogP contribution >= 0.6 is 31.9 Å². The Labute approximate surface area is 135 Å². The van der Waals surface area contributed by atoms with Crippen LogP contribution in [-0.2, 0) is 12.7 Å². The lowest BCUT2D eigenvalue weighted by molar-refractivity contribution is -0.137. The van der Waals surface area contributed by atoms with Crippen molar-refractivity contribution in [1.82, 2.24) is 0 Å². The Hall–Kier alpha value is -1.08. The van der Waals surface area contributed by atoms with E-state index in [-0.39, 0.29) is 12.4 Å². The summed E-state index contributed by atoms with van der Waals surface area (Å²) >= 11 is 6.12. The van der Waals surface area contributed by atoms with Gasteiger partial charge in [0.25, 0.3) is 0 Å². The summed E-state index contributed by atoms with van der Waals surface area (Å²) in [5.41, 5.74) is 0.341. The maximum absolute atomic E-state index is 13.1. The van der Waals surface area contributed by atoms with Gasteiger partial charge in [0.2, 0.25) is 0 Å². The highest BCUT2D eigenvalue weighted by atomic mass is 79.9.